The fraction of sp³-hybridized carbons (Fsp3) is 0.937. The van der Waals surface area contributed by atoms with E-state index in [4.69, 9.17) is 37.0 Å². The molecule has 486 valence electrons. The number of carbonyl (C=O) groups is 4. The maximum atomic E-state index is 13.0. The van der Waals surface area contributed by atoms with Gasteiger partial charge in [0.25, 0.3) is 0 Å². The average Bonchev–Trinajstić information content (AvgIpc) is 3.44. The van der Waals surface area contributed by atoms with Gasteiger partial charge in [-0.2, -0.15) is 0 Å². The van der Waals surface area contributed by atoms with E-state index in [1.165, 1.54) is 89.9 Å². The van der Waals surface area contributed by atoms with Crippen LogP contribution < -0.4 is 0 Å². The molecular formula is C63H122O17P2. The van der Waals surface area contributed by atoms with E-state index in [0.29, 0.717) is 37.5 Å². The molecule has 0 amide bonds. The highest BCUT2D eigenvalue weighted by Gasteiger charge is 2.30. The highest BCUT2D eigenvalue weighted by molar-refractivity contribution is 7.47. The molecule has 0 aromatic rings. The lowest BCUT2D eigenvalue weighted by atomic mass is 9.99. The van der Waals surface area contributed by atoms with Gasteiger partial charge in [-0.3, -0.25) is 37.3 Å². The number of aliphatic hydroxyl groups excluding tert-OH is 1. The monoisotopic (exact) mass is 1210 g/mol. The Morgan fingerprint density at radius 2 is 0.585 bits per heavy atom. The molecule has 7 atom stereocenters. The third kappa shape index (κ3) is 54.7. The van der Waals surface area contributed by atoms with E-state index in [0.717, 1.165) is 115 Å². The van der Waals surface area contributed by atoms with Gasteiger partial charge in [0.05, 0.1) is 26.4 Å². The summed E-state index contributed by atoms with van der Waals surface area (Å²) < 4.78 is 67.9. The molecule has 0 saturated carbocycles. The first-order valence-corrected chi connectivity index (χ1v) is 35.8. The molecule has 0 aliphatic carbocycles. The summed E-state index contributed by atoms with van der Waals surface area (Å²) in [6.07, 6.45) is 32.2. The number of rotatable bonds is 60. The number of aliphatic hydroxyl groups is 1. The second kappa shape index (κ2) is 53.3. The van der Waals surface area contributed by atoms with Gasteiger partial charge in [0.15, 0.2) is 12.2 Å². The number of esters is 4. The van der Waals surface area contributed by atoms with Crippen molar-refractivity contribution in [1.82, 2.24) is 0 Å². The zero-order valence-corrected chi connectivity index (χ0v) is 54.9. The van der Waals surface area contributed by atoms with Crippen molar-refractivity contribution in [2.24, 2.45) is 23.7 Å². The van der Waals surface area contributed by atoms with Gasteiger partial charge in [-0.1, -0.05) is 248 Å². The number of phosphoric ester groups is 2. The standard InChI is InChI=1S/C63H122O17P2/c1-9-55(7)41-33-25-17-11-12-18-29-37-45-62(67)79-58(49-73-60(65)43-35-27-19-13-15-23-31-39-53(3)4)51-77-81(69,70)75-47-57(64)48-76-82(71,72)78-52-59(80-63(68)46-38-30-20-14-16-24-32-40-54(5)6)50-74-61(66)44-36-28-22-21-26-34-42-56(8)10-2/h53-59,64H,9-52H2,1-8H3,(H,69,70)(H,71,72)/t55?,56?,57-,58-,59-/m1/s1. The number of hydrogen-bond acceptors (Lipinski definition) is 15. The van der Waals surface area contributed by atoms with Crippen LogP contribution in [0.5, 0.6) is 0 Å². The van der Waals surface area contributed by atoms with Crippen LogP contribution in [0.15, 0.2) is 0 Å². The molecule has 0 heterocycles. The van der Waals surface area contributed by atoms with E-state index in [2.05, 4.69) is 55.4 Å². The molecule has 3 N–H and O–H groups in total. The Labute approximate surface area is 498 Å². The maximum Gasteiger partial charge on any atom is 0.472 e. The van der Waals surface area contributed by atoms with E-state index < -0.39 is 97.5 Å². The van der Waals surface area contributed by atoms with E-state index in [9.17, 15) is 43.2 Å². The van der Waals surface area contributed by atoms with Crippen LogP contribution in [0.25, 0.3) is 0 Å². The third-order valence-corrected chi connectivity index (χ3v) is 16.9. The summed E-state index contributed by atoms with van der Waals surface area (Å²) >= 11 is 0. The minimum absolute atomic E-state index is 0.102. The molecule has 0 fully saturated rings. The molecule has 82 heavy (non-hydrogen) atoms. The van der Waals surface area contributed by atoms with E-state index in [1.807, 2.05) is 0 Å². The van der Waals surface area contributed by atoms with Crippen molar-refractivity contribution in [3.63, 3.8) is 0 Å². The number of carbonyl (C=O) groups excluding carboxylic acids is 4. The zero-order valence-electron chi connectivity index (χ0n) is 53.1. The van der Waals surface area contributed by atoms with Crippen LogP contribution in [0.1, 0.15) is 299 Å². The molecule has 0 saturated heterocycles. The molecule has 0 rings (SSSR count). The average molecular weight is 1210 g/mol. The van der Waals surface area contributed by atoms with Gasteiger partial charge in [-0.15, -0.1) is 0 Å². The van der Waals surface area contributed by atoms with Crippen molar-refractivity contribution in [2.75, 3.05) is 39.6 Å². The molecule has 0 spiro atoms. The smallest absolute Gasteiger partial charge is 0.462 e. The van der Waals surface area contributed by atoms with E-state index in [-0.39, 0.29) is 25.7 Å². The van der Waals surface area contributed by atoms with Crippen LogP contribution >= 0.6 is 15.6 Å². The Balaban J connectivity index is 5.27. The second-order valence-corrected chi connectivity index (χ2v) is 27.1. The van der Waals surface area contributed by atoms with Gasteiger partial charge in [0.1, 0.15) is 19.3 Å². The normalized spacial score (nSPS) is 15.1. The molecule has 0 aliphatic heterocycles. The van der Waals surface area contributed by atoms with Crippen LogP contribution in [0.4, 0.5) is 0 Å². The Bertz CT molecular complexity index is 1650. The topological polar surface area (TPSA) is 237 Å². The van der Waals surface area contributed by atoms with Crippen LogP contribution in [0, 0.1) is 23.7 Å². The fourth-order valence-corrected chi connectivity index (χ4v) is 10.8. The Hall–Kier alpha value is -1.94. The van der Waals surface area contributed by atoms with E-state index in [1.54, 1.807) is 0 Å². The van der Waals surface area contributed by atoms with Gasteiger partial charge in [-0.05, 0) is 49.4 Å². The quantitative estimate of drug-likeness (QED) is 0.0222. The SMILES string of the molecule is CCC(C)CCCCCCCCCCC(=O)O[C@H](COC(=O)CCCCCCCCCC(C)C)COP(=O)(O)OC[C@@H](O)COP(=O)(O)OC[C@@H](COC(=O)CCCCCCCCC(C)CC)OC(=O)CCCCCCCCCC(C)C. The van der Waals surface area contributed by atoms with Gasteiger partial charge in [-0.25, -0.2) is 9.13 Å². The van der Waals surface area contributed by atoms with Crippen LogP contribution in [0.2, 0.25) is 0 Å². The fourth-order valence-electron chi connectivity index (χ4n) is 9.19. The lowest BCUT2D eigenvalue weighted by Crippen LogP contribution is -2.30. The Kier molecular flexibility index (Phi) is 52.0. The first kappa shape index (κ1) is 80.1. The predicted octanol–water partition coefficient (Wildman–Crippen LogP) is 17.0. The summed E-state index contributed by atoms with van der Waals surface area (Å²) in [5.41, 5.74) is 0. The number of ether oxygens (including phenoxy) is 4. The van der Waals surface area contributed by atoms with Crippen molar-refractivity contribution in [2.45, 2.75) is 318 Å². The Morgan fingerprint density at radius 1 is 0.341 bits per heavy atom. The largest absolute Gasteiger partial charge is 0.472 e. The van der Waals surface area contributed by atoms with E-state index >= 15 is 0 Å². The van der Waals surface area contributed by atoms with Crippen molar-refractivity contribution in [1.29, 1.82) is 0 Å². The first-order valence-electron chi connectivity index (χ1n) is 32.8. The van der Waals surface area contributed by atoms with Gasteiger partial charge >= 0.3 is 39.5 Å². The summed E-state index contributed by atoms with van der Waals surface area (Å²) in [6, 6.07) is 0. The van der Waals surface area contributed by atoms with Crippen molar-refractivity contribution in [3.05, 3.63) is 0 Å². The van der Waals surface area contributed by atoms with Crippen molar-refractivity contribution >= 4 is 39.5 Å². The minimum atomic E-state index is -4.94. The molecule has 17 nitrogen and oxygen atoms in total. The molecule has 0 aromatic heterocycles. The lowest BCUT2D eigenvalue weighted by Gasteiger charge is -2.21. The van der Waals surface area contributed by atoms with Crippen LogP contribution in [-0.4, -0.2) is 96.7 Å². The third-order valence-electron chi connectivity index (χ3n) is 15.0. The second-order valence-electron chi connectivity index (χ2n) is 24.2. The van der Waals surface area contributed by atoms with Crippen molar-refractivity contribution in [3.8, 4) is 0 Å². The zero-order chi connectivity index (χ0) is 61.1. The highest BCUT2D eigenvalue weighted by Crippen LogP contribution is 2.45. The summed E-state index contributed by atoms with van der Waals surface area (Å²) in [7, 11) is -9.89. The van der Waals surface area contributed by atoms with Gasteiger partial charge in [0.2, 0.25) is 0 Å². The number of phosphoric acid groups is 2. The highest BCUT2D eigenvalue weighted by atomic mass is 31.2. The number of unbranched alkanes of at least 4 members (excludes halogenated alkanes) is 24. The van der Waals surface area contributed by atoms with Gasteiger partial charge < -0.3 is 33.8 Å². The molecule has 0 aromatic carbocycles. The van der Waals surface area contributed by atoms with Gasteiger partial charge in [0, 0.05) is 25.7 Å². The molecule has 4 unspecified atom stereocenters. The van der Waals surface area contributed by atoms with Crippen LogP contribution in [-0.2, 0) is 65.4 Å². The van der Waals surface area contributed by atoms with Crippen LogP contribution in [0.3, 0.4) is 0 Å². The summed E-state index contributed by atoms with van der Waals surface area (Å²) in [6.45, 7) is 13.9. The lowest BCUT2D eigenvalue weighted by molar-refractivity contribution is -0.161. The van der Waals surface area contributed by atoms with Crippen molar-refractivity contribution < 1.29 is 80.2 Å². The summed E-state index contributed by atoms with van der Waals surface area (Å²) in [4.78, 5) is 72.1. The molecule has 0 radical (unpaired) electrons. The number of hydrogen-bond donors (Lipinski definition) is 3. The molecular weight excluding hydrogens is 1090 g/mol. The first-order chi connectivity index (χ1) is 39.2. The Morgan fingerprint density at radius 3 is 0.866 bits per heavy atom. The summed E-state index contributed by atoms with van der Waals surface area (Å²) in [5.74, 6) is 0.757. The maximum absolute atomic E-state index is 13.0. The minimum Gasteiger partial charge on any atom is -0.462 e. The molecule has 0 bridgehead atoms. The molecule has 19 heteroatoms. The summed E-state index contributed by atoms with van der Waals surface area (Å²) in [5, 5.41) is 10.5. The predicted molar refractivity (Wildman–Crippen MR) is 326 cm³/mol. The molecule has 0 aliphatic rings.